The normalized spacial score (nSPS) is 23.2. The van der Waals surface area contributed by atoms with Crippen molar-refractivity contribution in [1.82, 2.24) is 15.1 Å². The van der Waals surface area contributed by atoms with E-state index in [1.807, 2.05) is 0 Å². The van der Waals surface area contributed by atoms with Gasteiger partial charge in [-0.1, -0.05) is 6.92 Å². The molecule has 2 aliphatic rings. The lowest BCUT2D eigenvalue weighted by atomic mass is 9.95. The number of guanidine groups is 1. The third kappa shape index (κ3) is 8.39. The van der Waals surface area contributed by atoms with Crippen molar-refractivity contribution in [1.29, 1.82) is 0 Å². The average molecular weight is 481 g/mol. The van der Waals surface area contributed by atoms with E-state index in [0.717, 1.165) is 77.8 Å². The monoisotopic (exact) mass is 481 g/mol. The summed E-state index contributed by atoms with van der Waals surface area (Å²) in [6, 6.07) is 0. The smallest absolute Gasteiger partial charge is 0.217 e. The molecule has 1 amide bonds. The number of amides is 1. The number of carbonyl (C=O) groups excluding carboxylic acids is 1. The lowest BCUT2D eigenvalue weighted by Gasteiger charge is -2.35. The van der Waals surface area contributed by atoms with Gasteiger partial charge >= 0.3 is 0 Å². The Balaban J connectivity index is 0.00000338. The summed E-state index contributed by atoms with van der Waals surface area (Å²) >= 11 is 0. The van der Waals surface area contributed by atoms with Crippen LogP contribution in [0.1, 0.15) is 33.1 Å². The quantitative estimate of drug-likeness (QED) is 0.324. The van der Waals surface area contributed by atoms with Gasteiger partial charge in [-0.05, 0) is 31.6 Å². The molecule has 2 saturated heterocycles. The van der Waals surface area contributed by atoms with Crippen molar-refractivity contribution >= 4 is 35.8 Å². The van der Waals surface area contributed by atoms with Crippen molar-refractivity contribution < 1.29 is 9.53 Å². The van der Waals surface area contributed by atoms with Crippen molar-refractivity contribution in [2.45, 2.75) is 33.1 Å². The van der Waals surface area contributed by atoms with Crippen LogP contribution in [0.3, 0.4) is 0 Å². The second kappa shape index (κ2) is 12.7. The minimum atomic E-state index is -0.201. The number of aliphatic imine (C=N–C) groups is 1. The number of morpholine rings is 1. The molecule has 3 N–H and O–H groups in total. The van der Waals surface area contributed by atoms with Crippen molar-refractivity contribution in [3.05, 3.63) is 0 Å². The van der Waals surface area contributed by atoms with Gasteiger partial charge in [0.2, 0.25) is 5.91 Å². The molecule has 0 aromatic carbocycles. The van der Waals surface area contributed by atoms with Crippen LogP contribution in [0.4, 0.5) is 0 Å². The molecule has 26 heavy (non-hydrogen) atoms. The number of halogens is 1. The van der Waals surface area contributed by atoms with Crippen LogP contribution in [-0.4, -0.2) is 80.7 Å². The van der Waals surface area contributed by atoms with Crippen LogP contribution in [0.5, 0.6) is 0 Å². The SMILES string of the molecule is CCNC(=NCC(C)CN1CCOCC1)N1CCCC(CC(N)=O)C1.I. The first-order valence-corrected chi connectivity index (χ1v) is 9.70. The third-order valence-electron chi connectivity index (χ3n) is 4.87. The topological polar surface area (TPSA) is 83.2 Å². The summed E-state index contributed by atoms with van der Waals surface area (Å²) in [5.41, 5.74) is 5.37. The van der Waals surface area contributed by atoms with E-state index in [-0.39, 0.29) is 29.9 Å². The Hall–Kier alpha value is -0.610. The Bertz CT molecular complexity index is 443. The molecule has 8 heteroatoms. The number of nitrogens with one attached hydrogen (secondary N) is 1. The van der Waals surface area contributed by atoms with Crippen LogP contribution in [0, 0.1) is 11.8 Å². The molecule has 0 radical (unpaired) electrons. The van der Waals surface area contributed by atoms with E-state index in [1.165, 1.54) is 0 Å². The van der Waals surface area contributed by atoms with Crippen molar-refractivity contribution in [2.24, 2.45) is 22.6 Å². The molecule has 0 aromatic heterocycles. The molecule has 0 aliphatic carbocycles. The van der Waals surface area contributed by atoms with E-state index in [2.05, 4.69) is 29.0 Å². The van der Waals surface area contributed by atoms with Crippen molar-refractivity contribution in [3.8, 4) is 0 Å². The standard InChI is InChI=1S/C18H35N5O2.HI/c1-3-20-18(23-6-4-5-16(14-23)11-17(19)24)21-12-15(2)13-22-7-9-25-10-8-22;/h15-16H,3-14H2,1-2H3,(H2,19,24)(H,20,21);1H. The van der Waals surface area contributed by atoms with Gasteiger partial charge in [-0.2, -0.15) is 0 Å². The van der Waals surface area contributed by atoms with Gasteiger partial charge in [-0.25, -0.2) is 0 Å². The maximum atomic E-state index is 11.2. The van der Waals surface area contributed by atoms with Crippen LogP contribution >= 0.6 is 24.0 Å². The van der Waals surface area contributed by atoms with E-state index >= 15 is 0 Å². The fourth-order valence-corrected chi connectivity index (χ4v) is 3.66. The van der Waals surface area contributed by atoms with E-state index in [0.29, 0.717) is 18.3 Å². The number of nitrogens with zero attached hydrogens (tertiary/aromatic N) is 3. The maximum absolute atomic E-state index is 11.2. The molecule has 2 atom stereocenters. The van der Waals surface area contributed by atoms with Gasteiger partial charge in [0.05, 0.1) is 13.2 Å². The second-order valence-corrected chi connectivity index (χ2v) is 7.34. The summed E-state index contributed by atoms with van der Waals surface area (Å²) in [5, 5.41) is 3.41. The predicted octanol–water partition coefficient (Wildman–Crippen LogP) is 1.13. The number of primary amides is 1. The van der Waals surface area contributed by atoms with Gasteiger partial charge in [-0.15, -0.1) is 24.0 Å². The van der Waals surface area contributed by atoms with Crippen molar-refractivity contribution in [2.75, 3.05) is 59.0 Å². The minimum absolute atomic E-state index is 0. The minimum Gasteiger partial charge on any atom is -0.379 e. The largest absolute Gasteiger partial charge is 0.379 e. The summed E-state index contributed by atoms with van der Waals surface area (Å²) in [4.78, 5) is 20.8. The maximum Gasteiger partial charge on any atom is 0.217 e. The molecule has 0 bridgehead atoms. The zero-order valence-corrected chi connectivity index (χ0v) is 18.6. The summed E-state index contributed by atoms with van der Waals surface area (Å²) in [6.45, 7) is 12.7. The van der Waals surface area contributed by atoms with Crippen molar-refractivity contribution in [3.63, 3.8) is 0 Å². The summed E-state index contributed by atoms with van der Waals surface area (Å²) in [7, 11) is 0. The fraction of sp³-hybridized carbons (Fsp3) is 0.889. The van der Waals surface area contributed by atoms with Crippen LogP contribution in [0.15, 0.2) is 4.99 Å². The predicted molar refractivity (Wildman–Crippen MR) is 116 cm³/mol. The molecule has 2 aliphatic heterocycles. The first-order valence-electron chi connectivity index (χ1n) is 9.70. The van der Waals surface area contributed by atoms with Gasteiger partial charge in [-0.3, -0.25) is 14.7 Å². The third-order valence-corrected chi connectivity index (χ3v) is 4.87. The summed E-state index contributed by atoms with van der Waals surface area (Å²) < 4.78 is 5.41. The van der Waals surface area contributed by atoms with Crippen LogP contribution in [0.25, 0.3) is 0 Å². The van der Waals surface area contributed by atoms with Crippen LogP contribution in [-0.2, 0) is 9.53 Å². The van der Waals surface area contributed by atoms with Crippen LogP contribution in [0.2, 0.25) is 0 Å². The molecular formula is C18H36IN5O2. The number of hydrogen-bond acceptors (Lipinski definition) is 4. The molecule has 152 valence electrons. The molecule has 2 unspecified atom stereocenters. The Morgan fingerprint density at radius 3 is 2.73 bits per heavy atom. The number of hydrogen-bond donors (Lipinski definition) is 2. The number of rotatable bonds is 7. The highest BCUT2D eigenvalue weighted by Crippen LogP contribution is 2.19. The van der Waals surface area contributed by atoms with Gasteiger partial charge in [0.1, 0.15) is 0 Å². The highest BCUT2D eigenvalue weighted by Gasteiger charge is 2.23. The zero-order chi connectivity index (χ0) is 18.1. The van der Waals surface area contributed by atoms with Gasteiger partial charge in [0.25, 0.3) is 0 Å². The average Bonchev–Trinajstić information content (AvgIpc) is 2.59. The zero-order valence-electron chi connectivity index (χ0n) is 16.3. The highest BCUT2D eigenvalue weighted by molar-refractivity contribution is 14.0. The Morgan fingerprint density at radius 1 is 1.35 bits per heavy atom. The van der Waals surface area contributed by atoms with E-state index in [4.69, 9.17) is 15.5 Å². The number of piperidine rings is 1. The van der Waals surface area contributed by atoms with Gasteiger partial charge < -0.3 is 20.7 Å². The lowest BCUT2D eigenvalue weighted by molar-refractivity contribution is -0.119. The van der Waals surface area contributed by atoms with E-state index < -0.39 is 0 Å². The Labute approximate surface area is 175 Å². The first-order chi connectivity index (χ1) is 12.1. The summed E-state index contributed by atoms with van der Waals surface area (Å²) in [5.74, 6) is 1.64. The Morgan fingerprint density at radius 2 is 2.08 bits per heavy atom. The lowest BCUT2D eigenvalue weighted by Crippen LogP contribution is -2.47. The van der Waals surface area contributed by atoms with E-state index in [1.54, 1.807) is 0 Å². The van der Waals surface area contributed by atoms with Gasteiger partial charge in [0, 0.05) is 52.2 Å². The molecule has 7 nitrogen and oxygen atoms in total. The molecule has 2 heterocycles. The molecule has 2 rings (SSSR count). The second-order valence-electron chi connectivity index (χ2n) is 7.34. The number of carbonyl (C=O) groups is 1. The fourth-order valence-electron chi connectivity index (χ4n) is 3.66. The number of nitrogens with two attached hydrogens (primary N) is 1. The Kier molecular flexibility index (Phi) is 11.5. The molecule has 0 saturated carbocycles. The molecule has 0 aromatic rings. The van der Waals surface area contributed by atoms with Crippen LogP contribution < -0.4 is 11.1 Å². The highest BCUT2D eigenvalue weighted by atomic mass is 127. The molecule has 0 spiro atoms. The molecular weight excluding hydrogens is 445 g/mol. The number of likely N-dealkylation sites (tertiary alicyclic amines) is 1. The number of ether oxygens (including phenoxy) is 1. The van der Waals surface area contributed by atoms with E-state index in [9.17, 15) is 4.79 Å². The molecule has 2 fully saturated rings. The van der Waals surface area contributed by atoms with Gasteiger partial charge in [0.15, 0.2) is 5.96 Å². The first kappa shape index (κ1) is 23.4. The summed E-state index contributed by atoms with van der Waals surface area (Å²) in [6.07, 6.45) is 2.64.